The third kappa shape index (κ3) is 51.5. The Bertz CT molecular complexity index is 1070. The zero-order chi connectivity index (χ0) is 47.9. The van der Waals surface area contributed by atoms with E-state index < -0.39 is 12.1 Å². The molecule has 0 spiro atoms. The van der Waals surface area contributed by atoms with Crippen LogP contribution in [0.5, 0.6) is 0 Å². The molecular formula is C60H113NO5. The topological polar surface area (TPSA) is 95.9 Å². The van der Waals surface area contributed by atoms with Gasteiger partial charge in [0.15, 0.2) is 0 Å². The number of carbonyl (C=O) groups is 2. The number of allylic oxidation sites excluding steroid dienone is 5. The molecule has 0 aliphatic rings. The molecular weight excluding hydrogens is 815 g/mol. The van der Waals surface area contributed by atoms with Crippen molar-refractivity contribution >= 4 is 11.9 Å². The first-order chi connectivity index (χ1) is 32.5. The van der Waals surface area contributed by atoms with Crippen molar-refractivity contribution in [2.24, 2.45) is 0 Å². The summed E-state index contributed by atoms with van der Waals surface area (Å²) in [5, 5.41) is 23.2. The van der Waals surface area contributed by atoms with Crippen molar-refractivity contribution in [3.63, 3.8) is 0 Å². The molecule has 388 valence electrons. The number of ether oxygens (including phenoxy) is 1. The lowest BCUT2D eigenvalue weighted by atomic mass is 10.0. The molecule has 66 heavy (non-hydrogen) atoms. The largest absolute Gasteiger partial charge is 0.466 e. The monoisotopic (exact) mass is 928 g/mol. The molecule has 0 aromatic heterocycles. The molecule has 1 amide bonds. The Morgan fingerprint density at radius 1 is 0.409 bits per heavy atom. The van der Waals surface area contributed by atoms with E-state index in [1.165, 1.54) is 212 Å². The van der Waals surface area contributed by atoms with E-state index in [1.807, 2.05) is 6.08 Å². The first-order valence-corrected chi connectivity index (χ1v) is 29.3. The Morgan fingerprint density at radius 2 is 0.712 bits per heavy atom. The third-order valence-corrected chi connectivity index (χ3v) is 13.4. The van der Waals surface area contributed by atoms with E-state index in [4.69, 9.17) is 4.74 Å². The number of nitrogens with one attached hydrogen (secondary N) is 1. The fraction of sp³-hybridized carbons (Fsp3) is 0.867. The summed E-state index contributed by atoms with van der Waals surface area (Å²) < 4.78 is 5.45. The molecule has 0 fully saturated rings. The van der Waals surface area contributed by atoms with Gasteiger partial charge in [-0.15, -0.1) is 0 Å². The van der Waals surface area contributed by atoms with Crippen molar-refractivity contribution in [3.05, 3.63) is 36.5 Å². The van der Waals surface area contributed by atoms with E-state index in [1.54, 1.807) is 6.08 Å². The number of esters is 1. The highest BCUT2D eigenvalue weighted by atomic mass is 16.5. The Hall–Kier alpha value is -1.92. The van der Waals surface area contributed by atoms with Crippen molar-refractivity contribution in [2.45, 2.75) is 321 Å². The van der Waals surface area contributed by atoms with Crippen LogP contribution in [0.3, 0.4) is 0 Å². The van der Waals surface area contributed by atoms with Crippen LogP contribution in [-0.2, 0) is 14.3 Å². The molecule has 2 atom stereocenters. The van der Waals surface area contributed by atoms with Crippen molar-refractivity contribution in [2.75, 3.05) is 13.2 Å². The van der Waals surface area contributed by atoms with Gasteiger partial charge in [0, 0.05) is 12.8 Å². The van der Waals surface area contributed by atoms with Gasteiger partial charge >= 0.3 is 5.97 Å². The molecule has 0 rings (SSSR count). The van der Waals surface area contributed by atoms with Gasteiger partial charge in [0.1, 0.15) is 0 Å². The number of hydrogen-bond donors (Lipinski definition) is 3. The van der Waals surface area contributed by atoms with Gasteiger partial charge in [0.25, 0.3) is 0 Å². The predicted molar refractivity (Wildman–Crippen MR) is 287 cm³/mol. The normalized spacial score (nSPS) is 12.8. The number of rotatable bonds is 54. The fourth-order valence-electron chi connectivity index (χ4n) is 8.86. The van der Waals surface area contributed by atoms with Crippen molar-refractivity contribution in [1.82, 2.24) is 5.32 Å². The maximum atomic E-state index is 12.5. The number of hydrogen-bond acceptors (Lipinski definition) is 5. The quantitative estimate of drug-likeness (QED) is 0.0321. The van der Waals surface area contributed by atoms with Crippen LogP contribution < -0.4 is 5.32 Å². The van der Waals surface area contributed by atoms with Gasteiger partial charge in [-0.3, -0.25) is 9.59 Å². The Kier molecular flexibility index (Phi) is 54.1. The minimum atomic E-state index is -0.863. The molecule has 3 N–H and O–H groups in total. The van der Waals surface area contributed by atoms with Gasteiger partial charge in [-0.2, -0.15) is 0 Å². The van der Waals surface area contributed by atoms with E-state index in [0.717, 1.165) is 70.6 Å². The molecule has 0 aromatic carbocycles. The van der Waals surface area contributed by atoms with Crippen LogP contribution in [0.2, 0.25) is 0 Å². The second kappa shape index (κ2) is 55.7. The van der Waals surface area contributed by atoms with Gasteiger partial charge in [-0.1, -0.05) is 249 Å². The molecule has 6 nitrogen and oxygen atoms in total. The third-order valence-electron chi connectivity index (χ3n) is 13.4. The molecule has 0 heterocycles. The Morgan fingerprint density at radius 3 is 1.09 bits per heavy atom. The van der Waals surface area contributed by atoms with E-state index in [9.17, 15) is 19.8 Å². The van der Waals surface area contributed by atoms with Gasteiger partial charge in [-0.05, 0) is 83.5 Å². The zero-order valence-corrected chi connectivity index (χ0v) is 44.2. The summed E-state index contributed by atoms with van der Waals surface area (Å²) in [7, 11) is 0. The summed E-state index contributed by atoms with van der Waals surface area (Å²) in [6, 6.07) is -0.650. The predicted octanol–water partition coefficient (Wildman–Crippen LogP) is 18.0. The van der Waals surface area contributed by atoms with Crippen LogP contribution in [0.4, 0.5) is 0 Å². The number of amides is 1. The fourth-order valence-corrected chi connectivity index (χ4v) is 8.86. The van der Waals surface area contributed by atoms with Crippen LogP contribution in [0.25, 0.3) is 0 Å². The maximum Gasteiger partial charge on any atom is 0.305 e. The van der Waals surface area contributed by atoms with Crippen molar-refractivity contribution in [1.29, 1.82) is 0 Å². The second-order valence-corrected chi connectivity index (χ2v) is 20.0. The summed E-state index contributed by atoms with van der Waals surface area (Å²) in [5.74, 6) is -0.119. The van der Waals surface area contributed by atoms with E-state index in [-0.39, 0.29) is 18.5 Å². The SMILES string of the molecule is CCCCCCC/C=C\CCCCCCCC(=O)OCCCCCCCC/C=C\CCCCCC(=O)NC(CO)C(O)/C=C/CCCCCCCCCCCCCCCCCCCCCC. The van der Waals surface area contributed by atoms with Crippen LogP contribution in [0.1, 0.15) is 309 Å². The van der Waals surface area contributed by atoms with E-state index in [0.29, 0.717) is 19.4 Å². The number of aliphatic hydroxyl groups is 2. The molecule has 2 unspecified atom stereocenters. The first kappa shape index (κ1) is 64.1. The van der Waals surface area contributed by atoms with Gasteiger partial charge in [0.05, 0.1) is 25.4 Å². The lowest BCUT2D eigenvalue weighted by Crippen LogP contribution is -2.45. The number of unbranched alkanes of at least 4 members (excludes halogenated alkanes) is 39. The average Bonchev–Trinajstić information content (AvgIpc) is 3.32. The van der Waals surface area contributed by atoms with Crippen LogP contribution in [0, 0.1) is 0 Å². The van der Waals surface area contributed by atoms with Crippen LogP contribution >= 0.6 is 0 Å². The summed E-state index contributed by atoms with van der Waals surface area (Å²) in [6.45, 7) is 4.86. The summed E-state index contributed by atoms with van der Waals surface area (Å²) in [6.07, 6.45) is 68.8. The molecule has 0 aliphatic carbocycles. The van der Waals surface area contributed by atoms with Crippen molar-refractivity contribution < 1.29 is 24.5 Å². The van der Waals surface area contributed by atoms with Crippen molar-refractivity contribution in [3.8, 4) is 0 Å². The highest BCUT2D eigenvalue weighted by molar-refractivity contribution is 5.76. The molecule has 0 aliphatic heterocycles. The smallest absolute Gasteiger partial charge is 0.305 e. The summed E-state index contributed by atoms with van der Waals surface area (Å²) in [5.41, 5.74) is 0. The molecule has 0 saturated heterocycles. The Balaban J connectivity index is 3.53. The number of aliphatic hydroxyl groups excluding tert-OH is 2. The molecule has 6 heteroatoms. The minimum Gasteiger partial charge on any atom is -0.466 e. The van der Waals surface area contributed by atoms with Gasteiger partial charge < -0.3 is 20.3 Å². The van der Waals surface area contributed by atoms with Gasteiger partial charge in [0.2, 0.25) is 5.91 Å². The molecule has 0 aromatic rings. The van der Waals surface area contributed by atoms with Crippen LogP contribution in [0.15, 0.2) is 36.5 Å². The van der Waals surface area contributed by atoms with Crippen LogP contribution in [-0.4, -0.2) is 47.4 Å². The van der Waals surface area contributed by atoms with E-state index in [2.05, 4.69) is 43.5 Å². The Labute approximate surface area is 411 Å². The average molecular weight is 929 g/mol. The standard InChI is InChI=1S/C60H113NO5/c1-3-5-7-9-11-13-15-17-19-20-21-22-23-24-25-26-28-32-36-40-44-48-52-58(63)57(56-62)61-59(64)53-49-45-41-37-33-29-27-31-35-39-43-47-51-55-66-60(65)54-50-46-42-38-34-30-18-16-14-12-10-8-6-4-2/h16,18,29,33,48,52,57-58,62-63H,3-15,17,19-28,30-32,34-47,49-51,53-56H2,1-2H3,(H,61,64)/b18-16-,33-29-,52-48+. The van der Waals surface area contributed by atoms with E-state index >= 15 is 0 Å². The summed E-state index contributed by atoms with van der Waals surface area (Å²) in [4.78, 5) is 24.5. The number of carbonyl (C=O) groups excluding carboxylic acids is 2. The maximum absolute atomic E-state index is 12.5. The lowest BCUT2D eigenvalue weighted by molar-refractivity contribution is -0.143. The minimum absolute atomic E-state index is 0.0224. The second-order valence-electron chi connectivity index (χ2n) is 20.0. The first-order valence-electron chi connectivity index (χ1n) is 29.3. The highest BCUT2D eigenvalue weighted by Gasteiger charge is 2.18. The van der Waals surface area contributed by atoms with Gasteiger partial charge in [-0.25, -0.2) is 0 Å². The summed E-state index contributed by atoms with van der Waals surface area (Å²) >= 11 is 0. The highest BCUT2D eigenvalue weighted by Crippen LogP contribution is 2.16. The molecule has 0 bridgehead atoms. The molecule has 0 saturated carbocycles. The molecule has 0 radical (unpaired) electrons. The zero-order valence-electron chi connectivity index (χ0n) is 44.2. The lowest BCUT2D eigenvalue weighted by Gasteiger charge is -2.19.